The van der Waals surface area contributed by atoms with E-state index in [4.69, 9.17) is 9.72 Å². The molecule has 4 heterocycles. The van der Waals surface area contributed by atoms with Gasteiger partial charge in [0, 0.05) is 31.6 Å². The van der Waals surface area contributed by atoms with Crippen LogP contribution in [0.2, 0.25) is 0 Å². The highest BCUT2D eigenvalue weighted by molar-refractivity contribution is 5.74. The summed E-state index contributed by atoms with van der Waals surface area (Å²) in [4.78, 5) is 20.9. The maximum Gasteiger partial charge on any atom is 0.219 e. The summed E-state index contributed by atoms with van der Waals surface area (Å²) < 4.78 is 5.47. The van der Waals surface area contributed by atoms with Crippen LogP contribution in [0.5, 0.6) is 0 Å². The minimum absolute atomic E-state index is 0.177. The Labute approximate surface area is 118 Å². The molecule has 0 radical (unpaired) electrons. The Morgan fingerprint density at radius 2 is 2.20 bits per heavy atom. The van der Waals surface area contributed by atoms with Crippen LogP contribution in [-0.4, -0.2) is 41.0 Å². The fourth-order valence-corrected chi connectivity index (χ4v) is 3.75. The topological polar surface area (TPSA) is 45.7 Å². The summed E-state index contributed by atoms with van der Waals surface area (Å²) in [5, 5.41) is 0. The first-order valence-corrected chi connectivity index (χ1v) is 7.26. The SMILES string of the molecule is CC(=O)N1C[C@H]2Cc3cc4c(nc3N2[C@H](C)C1)COC4. The van der Waals surface area contributed by atoms with Crippen molar-refractivity contribution in [3.8, 4) is 0 Å². The fraction of sp³-hybridized carbons (Fsp3) is 0.600. The molecule has 2 atom stereocenters. The zero-order valence-electron chi connectivity index (χ0n) is 11.9. The number of rotatable bonds is 0. The normalized spacial score (nSPS) is 27.3. The Bertz CT molecular complexity index is 587. The van der Waals surface area contributed by atoms with E-state index < -0.39 is 0 Å². The first-order chi connectivity index (χ1) is 9.63. The standard InChI is InChI=1S/C15H19N3O2/c1-9-5-17(10(2)19)6-13-4-11-3-12-7-20-8-14(12)16-15(11)18(9)13/h3,9,13H,4-8H2,1-2H3/t9-,13-/m1/s1. The quantitative estimate of drug-likeness (QED) is 0.710. The van der Waals surface area contributed by atoms with Crippen molar-refractivity contribution in [2.45, 2.75) is 45.6 Å². The van der Waals surface area contributed by atoms with Crippen molar-refractivity contribution < 1.29 is 9.53 Å². The van der Waals surface area contributed by atoms with Crippen LogP contribution in [0.15, 0.2) is 6.07 Å². The molecule has 1 aromatic rings. The van der Waals surface area contributed by atoms with E-state index >= 15 is 0 Å². The van der Waals surface area contributed by atoms with Gasteiger partial charge in [0.1, 0.15) is 5.82 Å². The lowest BCUT2D eigenvalue weighted by molar-refractivity contribution is -0.130. The van der Waals surface area contributed by atoms with E-state index in [1.54, 1.807) is 6.92 Å². The Balaban J connectivity index is 1.70. The van der Waals surface area contributed by atoms with Crippen molar-refractivity contribution in [2.24, 2.45) is 0 Å². The van der Waals surface area contributed by atoms with E-state index in [0.29, 0.717) is 25.3 Å². The zero-order valence-corrected chi connectivity index (χ0v) is 11.9. The molecule has 4 rings (SSSR count). The maximum atomic E-state index is 11.6. The second-order valence-corrected chi connectivity index (χ2v) is 6.11. The number of hydrogen-bond acceptors (Lipinski definition) is 4. The summed E-state index contributed by atoms with van der Waals surface area (Å²) in [6.45, 7) is 6.78. The smallest absolute Gasteiger partial charge is 0.219 e. The number of aromatic nitrogens is 1. The minimum atomic E-state index is 0.177. The molecule has 1 aromatic heterocycles. The third-order valence-electron chi connectivity index (χ3n) is 4.67. The Hall–Kier alpha value is -1.62. The van der Waals surface area contributed by atoms with Gasteiger partial charge >= 0.3 is 0 Å². The number of piperazine rings is 1. The van der Waals surface area contributed by atoms with Crippen LogP contribution < -0.4 is 4.90 Å². The van der Waals surface area contributed by atoms with Crippen molar-refractivity contribution in [2.75, 3.05) is 18.0 Å². The average Bonchev–Trinajstić information content (AvgIpc) is 2.98. The minimum Gasteiger partial charge on any atom is -0.370 e. The summed E-state index contributed by atoms with van der Waals surface area (Å²) >= 11 is 0. The average molecular weight is 273 g/mol. The third-order valence-corrected chi connectivity index (χ3v) is 4.67. The molecular formula is C15H19N3O2. The number of ether oxygens (including phenoxy) is 1. The van der Waals surface area contributed by atoms with E-state index in [-0.39, 0.29) is 5.91 Å². The lowest BCUT2D eigenvalue weighted by Crippen LogP contribution is -2.57. The molecule has 0 N–H and O–H groups in total. The highest BCUT2D eigenvalue weighted by atomic mass is 16.5. The van der Waals surface area contributed by atoms with Crippen LogP contribution >= 0.6 is 0 Å². The summed E-state index contributed by atoms with van der Waals surface area (Å²) in [7, 11) is 0. The van der Waals surface area contributed by atoms with Crippen LogP contribution in [0, 0.1) is 0 Å². The van der Waals surface area contributed by atoms with E-state index in [2.05, 4.69) is 17.9 Å². The molecule has 20 heavy (non-hydrogen) atoms. The van der Waals surface area contributed by atoms with Gasteiger partial charge in [0.05, 0.1) is 24.9 Å². The molecule has 0 aliphatic carbocycles. The van der Waals surface area contributed by atoms with Crippen LogP contribution in [0.4, 0.5) is 5.82 Å². The Kier molecular flexibility index (Phi) is 2.54. The molecule has 0 saturated carbocycles. The molecule has 0 unspecified atom stereocenters. The molecule has 0 aromatic carbocycles. The van der Waals surface area contributed by atoms with Crippen molar-refractivity contribution >= 4 is 11.7 Å². The zero-order chi connectivity index (χ0) is 13.9. The number of amides is 1. The highest BCUT2D eigenvalue weighted by Crippen LogP contribution is 2.37. The molecular weight excluding hydrogens is 254 g/mol. The summed E-state index contributed by atoms with van der Waals surface area (Å²) in [6.07, 6.45) is 0.990. The molecule has 106 valence electrons. The Morgan fingerprint density at radius 3 is 3.00 bits per heavy atom. The van der Waals surface area contributed by atoms with Crippen LogP contribution in [0.3, 0.4) is 0 Å². The molecule has 1 amide bonds. The van der Waals surface area contributed by atoms with Crippen LogP contribution in [-0.2, 0) is 29.2 Å². The van der Waals surface area contributed by atoms with Gasteiger partial charge in [-0.1, -0.05) is 0 Å². The van der Waals surface area contributed by atoms with Crippen molar-refractivity contribution in [1.29, 1.82) is 0 Å². The highest BCUT2D eigenvalue weighted by Gasteiger charge is 2.40. The molecule has 5 nitrogen and oxygen atoms in total. The maximum absolute atomic E-state index is 11.6. The Morgan fingerprint density at radius 1 is 1.35 bits per heavy atom. The van der Waals surface area contributed by atoms with Crippen molar-refractivity contribution in [3.05, 3.63) is 22.9 Å². The number of carbonyl (C=O) groups is 1. The molecule has 3 aliphatic heterocycles. The lowest BCUT2D eigenvalue weighted by Gasteiger charge is -2.43. The molecule has 0 spiro atoms. The van der Waals surface area contributed by atoms with E-state index in [1.165, 1.54) is 11.1 Å². The van der Waals surface area contributed by atoms with Gasteiger partial charge in [-0.3, -0.25) is 4.79 Å². The summed E-state index contributed by atoms with van der Waals surface area (Å²) in [6, 6.07) is 2.97. The van der Waals surface area contributed by atoms with Gasteiger partial charge < -0.3 is 14.5 Å². The lowest BCUT2D eigenvalue weighted by atomic mass is 10.1. The predicted octanol–water partition coefficient (Wildman–Crippen LogP) is 1.09. The number of carbonyl (C=O) groups excluding carboxylic acids is 1. The van der Waals surface area contributed by atoms with Gasteiger partial charge in [0.25, 0.3) is 0 Å². The number of anilines is 1. The second kappa shape index (κ2) is 4.19. The molecule has 5 heteroatoms. The van der Waals surface area contributed by atoms with Gasteiger partial charge in [-0.05, 0) is 25.0 Å². The number of nitrogens with zero attached hydrogens (tertiary/aromatic N) is 3. The third kappa shape index (κ3) is 1.66. The number of fused-ring (bicyclic) bond motifs is 4. The van der Waals surface area contributed by atoms with Gasteiger partial charge in [-0.2, -0.15) is 0 Å². The van der Waals surface area contributed by atoms with Gasteiger partial charge in [-0.15, -0.1) is 0 Å². The molecule has 1 saturated heterocycles. The van der Waals surface area contributed by atoms with Gasteiger partial charge in [0.2, 0.25) is 5.91 Å². The first-order valence-electron chi connectivity index (χ1n) is 7.26. The number of pyridine rings is 1. The second-order valence-electron chi connectivity index (χ2n) is 6.11. The van der Waals surface area contributed by atoms with E-state index in [9.17, 15) is 4.79 Å². The van der Waals surface area contributed by atoms with Crippen LogP contribution in [0.25, 0.3) is 0 Å². The summed E-state index contributed by atoms with van der Waals surface area (Å²) in [5.41, 5.74) is 3.64. The molecule has 3 aliphatic rings. The predicted molar refractivity (Wildman–Crippen MR) is 74.4 cm³/mol. The first kappa shape index (κ1) is 12.1. The summed E-state index contributed by atoms with van der Waals surface area (Å²) in [5.74, 6) is 1.30. The van der Waals surface area contributed by atoms with Crippen molar-refractivity contribution in [1.82, 2.24) is 9.88 Å². The van der Waals surface area contributed by atoms with E-state index in [0.717, 1.165) is 31.0 Å². The van der Waals surface area contributed by atoms with Crippen molar-refractivity contribution in [3.63, 3.8) is 0 Å². The van der Waals surface area contributed by atoms with Gasteiger partial charge in [-0.25, -0.2) is 4.98 Å². The molecule has 0 bridgehead atoms. The monoisotopic (exact) mass is 273 g/mol. The largest absolute Gasteiger partial charge is 0.370 e. The van der Waals surface area contributed by atoms with E-state index in [1.807, 2.05) is 4.90 Å². The number of hydrogen-bond donors (Lipinski definition) is 0. The molecule has 1 fully saturated rings. The van der Waals surface area contributed by atoms with Gasteiger partial charge in [0.15, 0.2) is 0 Å². The van der Waals surface area contributed by atoms with Crippen LogP contribution in [0.1, 0.15) is 30.7 Å². The fourth-order valence-electron chi connectivity index (χ4n) is 3.75.